The van der Waals surface area contributed by atoms with Crippen molar-refractivity contribution in [1.82, 2.24) is 19.6 Å². The van der Waals surface area contributed by atoms with E-state index in [0.717, 1.165) is 14.1 Å². The van der Waals surface area contributed by atoms with Crippen LogP contribution in [0.15, 0.2) is 12.1 Å². The van der Waals surface area contributed by atoms with Crippen LogP contribution in [-0.2, 0) is 16.1 Å². The molecule has 2 aliphatic rings. The maximum absolute atomic E-state index is 12.7. The number of piperazine rings is 1. The highest BCUT2D eigenvalue weighted by Gasteiger charge is 2.48. The van der Waals surface area contributed by atoms with Crippen molar-refractivity contribution in [3.8, 4) is 0 Å². The van der Waals surface area contributed by atoms with Crippen molar-refractivity contribution in [3.63, 3.8) is 0 Å². The Morgan fingerprint density at radius 3 is 2.56 bits per heavy atom. The van der Waals surface area contributed by atoms with Gasteiger partial charge in [-0.25, -0.2) is 4.79 Å². The summed E-state index contributed by atoms with van der Waals surface area (Å²) in [6.45, 7) is 7.10. The van der Waals surface area contributed by atoms with E-state index in [1.165, 1.54) is 11.3 Å². The van der Waals surface area contributed by atoms with E-state index in [0.29, 0.717) is 39.3 Å². The van der Waals surface area contributed by atoms with Gasteiger partial charge < -0.3 is 9.80 Å². The van der Waals surface area contributed by atoms with Crippen molar-refractivity contribution in [3.05, 3.63) is 21.3 Å². The molecule has 150 valence electrons. The van der Waals surface area contributed by atoms with E-state index >= 15 is 0 Å². The lowest BCUT2D eigenvalue weighted by molar-refractivity contribution is -0.137. The molecule has 2 aliphatic heterocycles. The second-order valence-electron chi connectivity index (χ2n) is 6.42. The monoisotopic (exact) mass is 434 g/mol. The van der Waals surface area contributed by atoms with E-state index in [2.05, 4.69) is 4.90 Å². The number of thiophene rings is 1. The minimum atomic E-state index is -0.504. The molecule has 0 N–H and O–H groups in total. The SMILES string of the molecule is CCN(CC)C(=O)CN1C(=O)C2CN(Cc3ccc(Cl)s3)CCN2C1=O.Cl. The van der Waals surface area contributed by atoms with Gasteiger partial charge in [-0.1, -0.05) is 11.6 Å². The van der Waals surface area contributed by atoms with Gasteiger partial charge in [0.15, 0.2) is 0 Å². The summed E-state index contributed by atoms with van der Waals surface area (Å²) < 4.78 is 0.742. The highest BCUT2D eigenvalue weighted by atomic mass is 35.5. The molecule has 7 nitrogen and oxygen atoms in total. The molecule has 4 amide bonds. The lowest BCUT2D eigenvalue weighted by Gasteiger charge is -2.35. The molecule has 0 spiro atoms. The quantitative estimate of drug-likeness (QED) is 0.643. The zero-order valence-corrected chi connectivity index (χ0v) is 17.8. The number of carbonyl (C=O) groups excluding carboxylic acids is 3. The summed E-state index contributed by atoms with van der Waals surface area (Å²) in [6.07, 6.45) is 0. The number of rotatable bonds is 6. The smallest absolute Gasteiger partial charge is 0.328 e. The summed E-state index contributed by atoms with van der Waals surface area (Å²) in [4.78, 5) is 45.2. The van der Waals surface area contributed by atoms with Gasteiger partial charge in [0.25, 0.3) is 5.91 Å². The number of imide groups is 1. The van der Waals surface area contributed by atoms with Gasteiger partial charge in [0.05, 0.1) is 4.34 Å². The number of carbonyl (C=O) groups is 3. The van der Waals surface area contributed by atoms with Gasteiger partial charge in [0.2, 0.25) is 5.91 Å². The van der Waals surface area contributed by atoms with Crippen LogP contribution in [0.4, 0.5) is 4.79 Å². The highest BCUT2D eigenvalue weighted by molar-refractivity contribution is 7.16. The van der Waals surface area contributed by atoms with E-state index < -0.39 is 6.04 Å². The Bertz CT molecular complexity index is 710. The zero-order valence-electron chi connectivity index (χ0n) is 15.4. The molecule has 2 fully saturated rings. The van der Waals surface area contributed by atoms with Crippen LogP contribution >= 0.6 is 35.3 Å². The van der Waals surface area contributed by atoms with Crippen LogP contribution in [0, 0.1) is 0 Å². The molecule has 0 aromatic carbocycles. The summed E-state index contributed by atoms with van der Waals surface area (Å²) in [5.41, 5.74) is 0. The molecule has 10 heteroatoms. The molecule has 1 aromatic rings. The van der Waals surface area contributed by atoms with Crippen molar-refractivity contribution < 1.29 is 14.4 Å². The summed E-state index contributed by atoms with van der Waals surface area (Å²) >= 11 is 7.50. The van der Waals surface area contributed by atoms with Gasteiger partial charge in [-0.2, -0.15) is 0 Å². The van der Waals surface area contributed by atoms with E-state index in [1.54, 1.807) is 9.80 Å². The molecule has 2 saturated heterocycles. The summed E-state index contributed by atoms with van der Waals surface area (Å²) in [5.74, 6) is -0.467. The molecular weight excluding hydrogens is 411 g/mol. The number of hydrogen-bond acceptors (Lipinski definition) is 5. The second-order valence-corrected chi connectivity index (χ2v) is 8.22. The third-order valence-electron chi connectivity index (χ3n) is 4.91. The van der Waals surface area contributed by atoms with Gasteiger partial charge in [0, 0.05) is 44.1 Å². The molecule has 3 rings (SSSR count). The van der Waals surface area contributed by atoms with Gasteiger partial charge >= 0.3 is 6.03 Å². The van der Waals surface area contributed by atoms with Gasteiger partial charge in [-0.15, -0.1) is 23.7 Å². The van der Waals surface area contributed by atoms with Crippen molar-refractivity contribution in [2.45, 2.75) is 26.4 Å². The van der Waals surface area contributed by atoms with Crippen molar-refractivity contribution in [1.29, 1.82) is 0 Å². The third kappa shape index (κ3) is 4.56. The lowest BCUT2D eigenvalue weighted by atomic mass is 10.2. The fraction of sp³-hybridized carbons (Fsp3) is 0.588. The number of likely N-dealkylation sites (N-methyl/N-ethyl adjacent to an activating group) is 1. The van der Waals surface area contributed by atoms with Crippen molar-refractivity contribution in [2.24, 2.45) is 0 Å². The Balaban J connectivity index is 0.00000261. The van der Waals surface area contributed by atoms with Crippen molar-refractivity contribution in [2.75, 3.05) is 39.3 Å². The molecule has 0 radical (unpaired) electrons. The standard InChI is InChI=1S/C17H23ClN4O3S.ClH/c1-3-20(4-2)15(23)11-22-16(24)13-10-19(7-8-21(13)17(22)25)9-12-5-6-14(18)26-12;/h5-6,13H,3-4,7-11H2,1-2H3;1H. The topological polar surface area (TPSA) is 64.2 Å². The lowest BCUT2D eigenvalue weighted by Crippen LogP contribution is -2.52. The minimum absolute atomic E-state index is 0. The van der Waals surface area contributed by atoms with Gasteiger partial charge in [0.1, 0.15) is 12.6 Å². The Morgan fingerprint density at radius 1 is 1.26 bits per heavy atom. The second kappa shape index (κ2) is 9.23. The van der Waals surface area contributed by atoms with E-state index in [1.807, 2.05) is 26.0 Å². The number of urea groups is 1. The Morgan fingerprint density at radius 2 is 1.96 bits per heavy atom. The Hall–Kier alpha value is -1.35. The number of halogens is 2. The molecule has 1 aromatic heterocycles. The predicted molar refractivity (Wildman–Crippen MR) is 107 cm³/mol. The first-order valence-corrected chi connectivity index (χ1v) is 10.00. The van der Waals surface area contributed by atoms with Crippen LogP contribution in [0.2, 0.25) is 4.34 Å². The van der Waals surface area contributed by atoms with Gasteiger partial charge in [-0.3, -0.25) is 19.4 Å². The van der Waals surface area contributed by atoms with E-state index in [-0.39, 0.29) is 36.8 Å². The maximum Gasteiger partial charge on any atom is 0.328 e. The van der Waals surface area contributed by atoms with E-state index in [9.17, 15) is 14.4 Å². The first kappa shape index (κ1) is 21.9. The third-order valence-corrected chi connectivity index (χ3v) is 6.13. The van der Waals surface area contributed by atoms with Crippen LogP contribution in [0.5, 0.6) is 0 Å². The fourth-order valence-electron chi connectivity index (χ4n) is 3.47. The summed E-state index contributed by atoms with van der Waals surface area (Å²) in [6, 6.07) is 2.99. The first-order valence-electron chi connectivity index (χ1n) is 8.80. The minimum Gasteiger partial charge on any atom is -0.342 e. The number of fused-ring (bicyclic) bond motifs is 1. The maximum atomic E-state index is 12.7. The van der Waals surface area contributed by atoms with Crippen LogP contribution in [0.3, 0.4) is 0 Å². The van der Waals surface area contributed by atoms with Crippen LogP contribution < -0.4 is 0 Å². The molecule has 1 atom stereocenters. The Kier molecular flexibility index (Phi) is 7.50. The summed E-state index contributed by atoms with van der Waals surface area (Å²) in [7, 11) is 0. The number of hydrogen-bond donors (Lipinski definition) is 0. The zero-order chi connectivity index (χ0) is 18.8. The summed E-state index contributed by atoms with van der Waals surface area (Å²) in [5, 5.41) is 0. The van der Waals surface area contributed by atoms with E-state index in [4.69, 9.17) is 11.6 Å². The van der Waals surface area contributed by atoms with Crippen LogP contribution in [0.25, 0.3) is 0 Å². The largest absolute Gasteiger partial charge is 0.342 e. The molecule has 27 heavy (non-hydrogen) atoms. The van der Waals surface area contributed by atoms with Crippen LogP contribution in [-0.4, -0.2) is 82.8 Å². The molecule has 3 heterocycles. The molecule has 0 saturated carbocycles. The molecular formula is C17H24Cl2N4O3S. The fourth-order valence-corrected chi connectivity index (χ4v) is 4.60. The molecule has 0 aliphatic carbocycles. The molecule has 1 unspecified atom stereocenters. The first-order chi connectivity index (χ1) is 12.4. The average Bonchev–Trinajstić information content (AvgIpc) is 3.13. The van der Waals surface area contributed by atoms with Gasteiger partial charge in [-0.05, 0) is 26.0 Å². The Labute approximate surface area is 174 Å². The predicted octanol–water partition coefficient (Wildman–Crippen LogP) is 2.14. The number of amides is 4. The highest BCUT2D eigenvalue weighted by Crippen LogP contribution is 2.26. The normalized spacial score (nSPS) is 19.9. The number of nitrogens with zero attached hydrogens (tertiary/aromatic N) is 4. The average molecular weight is 435 g/mol. The molecule has 0 bridgehead atoms. The van der Waals surface area contributed by atoms with Crippen LogP contribution in [0.1, 0.15) is 18.7 Å². The van der Waals surface area contributed by atoms with Crippen molar-refractivity contribution >= 4 is 53.2 Å².